The molecule has 1 aromatic carbocycles. The Kier molecular flexibility index (Phi) is 6.46. The molecule has 1 aliphatic heterocycles. The third-order valence-corrected chi connectivity index (χ3v) is 5.17. The second-order valence-corrected chi connectivity index (χ2v) is 7.18. The minimum Gasteiger partial charge on any atom is -0.381 e. The van der Waals surface area contributed by atoms with Crippen LogP contribution in [0.4, 0.5) is 5.69 Å². The Morgan fingerprint density at radius 3 is 2.70 bits per heavy atom. The molecular formula is C14H21N3O5S. The van der Waals surface area contributed by atoms with Crippen LogP contribution >= 0.6 is 0 Å². The van der Waals surface area contributed by atoms with E-state index < -0.39 is 14.9 Å². The molecule has 0 unspecified atom stereocenters. The summed E-state index contributed by atoms with van der Waals surface area (Å²) in [6, 6.07) is 5.01. The predicted octanol–water partition coefficient (Wildman–Crippen LogP) is 0.889. The topological polar surface area (TPSA) is 111 Å². The van der Waals surface area contributed by atoms with Gasteiger partial charge in [-0.05, 0) is 31.4 Å². The van der Waals surface area contributed by atoms with E-state index in [1.807, 2.05) is 0 Å². The molecule has 128 valence electrons. The first-order valence-corrected chi connectivity index (χ1v) is 9.00. The van der Waals surface area contributed by atoms with Crippen LogP contribution in [0.3, 0.4) is 0 Å². The fourth-order valence-corrected chi connectivity index (χ4v) is 3.45. The Hall–Kier alpha value is -1.55. The normalized spacial score (nSPS) is 16.3. The molecule has 1 saturated heterocycles. The van der Waals surface area contributed by atoms with Gasteiger partial charge in [0.25, 0.3) is 5.69 Å². The summed E-state index contributed by atoms with van der Waals surface area (Å²) in [5.41, 5.74) is -0.245. The third kappa shape index (κ3) is 5.54. The van der Waals surface area contributed by atoms with Gasteiger partial charge >= 0.3 is 0 Å². The quantitative estimate of drug-likeness (QED) is 0.412. The first-order valence-electron chi connectivity index (χ1n) is 7.51. The zero-order valence-corrected chi connectivity index (χ0v) is 13.5. The predicted molar refractivity (Wildman–Crippen MR) is 84.7 cm³/mol. The average Bonchev–Trinajstić information content (AvgIpc) is 2.55. The van der Waals surface area contributed by atoms with Crippen molar-refractivity contribution in [1.29, 1.82) is 0 Å². The molecule has 0 aromatic heterocycles. The highest BCUT2D eigenvalue weighted by Gasteiger charge is 2.17. The fraction of sp³-hybridized carbons (Fsp3) is 0.571. The number of nitro benzene ring substituents is 1. The van der Waals surface area contributed by atoms with Crippen molar-refractivity contribution >= 4 is 15.7 Å². The van der Waals surface area contributed by atoms with Crippen molar-refractivity contribution < 1.29 is 18.1 Å². The summed E-state index contributed by atoms with van der Waals surface area (Å²) in [5.74, 6) is 0.567. The van der Waals surface area contributed by atoms with E-state index in [9.17, 15) is 18.5 Å². The maximum Gasteiger partial charge on any atom is 0.270 e. The van der Waals surface area contributed by atoms with E-state index in [1.54, 1.807) is 0 Å². The maximum absolute atomic E-state index is 12.1. The van der Waals surface area contributed by atoms with E-state index in [4.69, 9.17) is 4.74 Å². The van der Waals surface area contributed by atoms with Gasteiger partial charge in [-0.25, -0.2) is 13.1 Å². The summed E-state index contributed by atoms with van der Waals surface area (Å²) >= 11 is 0. The van der Waals surface area contributed by atoms with E-state index in [0.717, 1.165) is 38.7 Å². The molecule has 1 aromatic rings. The molecule has 0 saturated carbocycles. The van der Waals surface area contributed by atoms with E-state index in [2.05, 4.69) is 10.0 Å². The summed E-state index contributed by atoms with van der Waals surface area (Å²) < 4.78 is 31.9. The van der Waals surface area contributed by atoms with Crippen LogP contribution in [-0.4, -0.2) is 46.2 Å². The van der Waals surface area contributed by atoms with E-state index >= 15 is 0 Å². The fourth-order valence-electron chi connectivity index (χ4n) is 2.38. The summed E-state index contributed by atoms with van der Waals surface area (Å²) in [5, 5.41) is 13.9. The van der Waals surface area contributed by atoms with Gasteiger partial charge in [-0.3, -0.25) is 10.1 Å². The van der Waals surface area contributed by atoms with Crippen molar-refractivity contribution in [2.24, 2.45) is 5.92 Å². The summed E-state index contributed by atoms with van der Waals surface area (Å²) in [7, 11) is -3.74. The number of hydrogen-bond donors (Lipinski definition) is 2. The lowest BCUT2D eigenvalue weighted by Gasteiger charge is -2.22. The zero-order valence-electron chi connectivity index (χ0n) is 12.7. The Balaban J connectivity index is 1.77. The van der Waals surface area contributed by atoms with Gasteiger partial charge in [0.1, 0.15) is 0 Å². The smallest absolute Gasteiger partial charge is 0.270 e. The van der Waals surface area contributed by atoms with Gasteiger partial charge in [0.2, 0.25) is 10.0 Å². The van der Waals surface area contributed by atoms with Crippen LogP contribution in [-0.2, 0) is 14.8 Å². The SMILES string of the molecule is O=[N+]([O-])c1cccc(S(=O)(=O)NCCNCC2CCOCC2)c1. The number of hydrogen-bond acceptors (Lipinski definition) is 6. The highest BCUT2D eigenvalue weighted by molar-refractivity contribution is 7.89. The van der Waals surface area contributed by atoms with Crippen molar-refractivity contribution in [3.63, 3.8) is 0 Å². The van der Waals surface area contributed by atoms with Crippen molar-refractivity contribution in [2.75, 3.05) is 32.8 Å². The van der Waals surface area contributed by atoms with Gasteiger partial charge in [-0.15, -0.1) is 0 Å². The van der Waals surface area contributed by atoms with Crippen LogP contribution in [0.25, 0.3) is 0 Å². The Labute approximate surface area is 135 Å². The van der Waals surface area contributed by atoms with Crippen LogP contribution in [0.5, 0.6) is 0 Å². The molecule has 0 aliphatic carbocycles. The van der Waals surface area contributed by atoms with Gasteiger partial charge in [0, 0.05) is 38.4 Å². The van der Waals surface area contributed by atoms with Crippen LogP contribution in [0.15, 0.2) is 29.2 Å². The standard InChI is InChI=1S/C14H21N3O5S/c18-17(19)13-2-1-3-14(10-13)23(20,21)16-7-6-15-11-12-4-8-22-9-5-12/h1-3,10,12,15-16H,4-9,11H2. The molecule has 9 heteroatoms. The number of rotatable bonds is 8. The minimum absolute atomic E-state index is 0.101. The number of nitrogens with zero attached hydrogens (tertiary/aromatic N) is 1. The van der Waals surface area contributed by atoms with E-state index in [-0.39, 0.29) is 17.1 Å². The van der Waals surface area contributed by atoms with Gasteiger partial charge in [-0.1, -0.05) is 6.07 Å². The summed E-state index contributed by atoms with van der Waals surface area (Å²) in [6.45, 7) is 3.14. The molecule has 1 heterocycles. The number of benzene rings is 1. The molecule has 1 fully saturated rings. The molecule has 0 bridgehead atoms. The molecule has 8 nitrogen and oxygen atoms in total. The Bertz CT molecular complexity index is 629. The van der Waals surface area contributed by atoms with Crippen LogP contribution in [0, 0.1) is 16.0 Å². The lowest BCUT2D eigenvalue weighted by Crippen LogP contribution is -2.35. The van der Waals surface area contributed by atoms with Crippen molar-refractivity contribution in [3.05, 3.63) is 34.4 Å². The lowest BCUT2D eigenvalue weighted by atomic mass is 10.0. The second kappa shape index (κ2) is 8.34. The number of sulfonamides is 1. The van der Waals surface area contributed by atoms with Gasteiger partial charge in [0.05, 0.1) is 9.82 Å². The highest BCUT2D eigenvalue weighted by Crippen LogP contribution is 2.17. The summed E-state index contributed by atoms with van der Waals surface area (Å²) in [4.78, 5) is 9.98. The molecule has 0 amide bonds. The van der Waals surface area contributed by atoms with Crippen LogP contribution < -0.4 is 10.0 Å². The van der Waals surface area contributed by atoms with Gasteiger partial charge < -0.3 is 10.1 Å². The van der Waals surface area contributed by atoms with Gasteiger partial charge in [-0.2, -0.15) is 0 Å². The molecular weight excluding hydrogens is 322 g/mol. The van der Waals surface area contributed by atoms with Crippen molar-refractivity contribution in [1.82, 2.24) is 10.0 Å². The molecule has 0 atom stereocenters. The average molecular weight is 343 g/mol. The molecule has 2 rings (SSSR count). The summed E-state index contributed by atoms with van der Waals surface area (Å²) in [6.07, 6.45) is 2.04. The maximum atomic E-state index is 12.1. The largest absolute Gasteiger partial charge is 0.381 e. The molecule has 2 N–H and O–H groups in total. The second-order valence-electron chi connectivity index (χ2n) is 5.41. The first-order chi connectivity index (χ1) is 11.0. The van der Waals surface area contributed by atoms with Gasteiger partial charge in [0.15, 0.2) is 0 Å². The molecule has 0 spiro atoms. The van der Waals surface area contributed by atoms with E-state index in [1.165, 1.54) is 18.2 Å². The number of nitro groups is 1. The molecule has 1 aliphatic rings. The zero-order chi connectivity index (χ0) is 16.7. The number of ether oxygens (including phenoxy) is 1. The Morgan fingerprint density at radius 2 is 2.00 bits per heavy atom. The van der Waals surface area contributed by atoms with Crippen molar-refractivity contribution in [2.45, 2.75) is 17.7 Å². The minimum atomic E-state index is -3.74. The van der Waals surface area contributed by atoms with Crippen LogP contribution in [0.1, 0.15) is 12.8 Å². The van der Waals surface area contributed by atoms with E-state index in [0.29, 0.717) is 12.5 Å². The molecule has 0 radical (unpaired) electrons. The highest BCUT2D eigenvalue weighted by atomic mass is 32.2. The van der Waals surface area contributed by atoms with Crippen LogP contribution in [0.2, 0.25) is 0 Å². The Morgan fingerprint density at radius 1 is 1.26 bits per heavy atom. The molecule has 23 heavy (non-hydrogen) atoms. The lowest BCUT2D eigenvalue weighted by molar-refractivity contribution is -0.385. The number of non-ortho nitro benzene ring substituents is 1. The first kappa shape index (κ1) is 17.8. The van der Waals surface area contributed by atoms with Crippen molar-refractivity contribution in [3.8, 4) is 0 Å². The number of nitrogens with one attached hydrogen (secondary N) is 2. The monoisotopic (exact) mass is 343 g/mol. The third-order valence-electron chi connectivity index (χ3n) is 3.71.